The van der Waals surface area contributed by atoms with Gasteiger partial charge in [-0.15, -0.1) is 0 Å². The average molecular weight is 174 g/mol. The van der Waals surface area contributed by atoms with Crippen LogP contribution in [0, 0.1) is 0 Å². The molecule has 0 radical (unpaired) electrons. The van der Waals surface area contributed by atoms with Crippen LogP contribution in [0.1, 0.15) is 19.8 Å². The average Bonchev–Trinajstić information content (AvgIpc) is 2.00. The highest BCUT2D eigenvalue weighted by Gasteiger charge is 2.10. The monoisotopic (exact) mass is 174 g/mol. The zero-order valence-corrected chi connectivity index (χ0v) is 6.96. The van der Waals surface area contributed by atoms with Crippen LogP contribution in [0.25, 0.3) is 0 Å². The lowest BCUT2D eigenvalue weighted by Crippen LogP contribution is -2.12. The predicted molar refractivity (Wildman–Crippen MR) is 38.4 cm³/mol. The molecule has 0 aromatic rings. The lowest BCUT2D eigenvalue weighted by Gasteiger charge is -1.98. The third kappa shape index (κ3) is 5.40. The van der Waals surface area contributed by atoms with Crippen LogP contribution in [-0.2, 0) is 19.1 Å². The second kappa shape index (κ2) is 5.29. The number of hydrogen-bond donors (Lipinski definition) is 0. The van der Waals surface area contributed by atoms with Crippen molar-refractivity contribution in [1.29, 1.82) is 0 Å². The molecule has 0 N–H and O–H groups in total. The maximum absolute atomic E-state index is 10.6. The third-order valence-corrected chi connectivity index (χ3v) is 1.05. The number of rotatable bonds is 3. The first kappa shape index (κ1) is 10.6. The first-order chi connectivity index (χ1) is 5.56. The SMILES string of the molecule is COC(=O)OC(=O)CCC(C)=O. The van der Waals surface area contributed by atoms with Gasteiger partial charge in [-0.2, -0.15) is 0 Å². The van der Waals surface area contributed by atoms with Gasteiger partial charge < -0.3 is 14.3 Å². The first-order valence-corrected chi connectivity index (χ1v) is 3.34. The number of carbonyl (C=O) groups excluding carboxylic acids is 3. The van der Waals surface area contributed by atoms with Crippen LogP contribution in [0.3, 0.4) is 0 Å². The number of ketones is 1. The minimum atomic E-state index is -1.05. The molecule has 0 amide bonds. The molecule has 0 fully saturated rings. The molecular formula is C7H10O5. The number of carbonyl (C=O) groups is 3. The summed E-state index contributed by atoms with van der Waals surface area (Å²) in [5, 5.41) is 0. The summed E-state index contributed by atoms with van der Waals surface area (Å²) in [6, 6.07) is 0. The second-order valence-electron chi connectivity index (χ2n) is 2.13. The Hall–Kier alpha value is -1.39. The van der Waals surface area contributed by atoms with Gasteiger partial charge in [-0.1, -0.05) is 0 Å². The molecule has 0 aliphatic heterocycles. The van der Waals surface area contributed by atoms with Crippen molar-refractivity contribution in [3.05, 3.63) is 0 Å². The molecule has 0 aromatic heterocycles. The van der Waals surface area contributed by atoms with Crippen molar-refractivity contribution in [1.82, 2.24) is 0 Å². The van der Waals surface area contributed by atoms with E-state index in [0.717, 1.165) is 7.11 Å². The Morgan fingerprint density at radius 1 is 1.17 bits per heavy atom. The molecule has 5 nitrogen and oxygen atoms in total. The van der Waals surface area contributed by atoms with Crippen molar-refractivity contribution in [3.63, 3.8) is 0 Å². The quantitative estimate of drug-likeness (QED) is 0.464. The van der Waals surface area contributed by atoms with Gasteiger partial charge in [0.15, 0.2) is 0 Å². The summed E-state index contributed by atoms with van der Waals surface area (Å²) in [5.74, 6) is -0.881. The van der Waals surface area contributed by atoms with E-state index in [4.69, 9.17) is 0 Å². The fraction of sp³-hybridized carbons (Fsp3) is 0.571. The van der Waals surface area contributed by atoms with Gasteiger partial charge in [0.2, 0.25) is 0 Å². The molecule has 0 unspecified atom stereocenters. The number of esters is 1. The van der Waals surface area contributed by atoms with Gasteiger partial charge >= 0.3 is 12.1 Å². The summed E-state index contributed by atoms with van der Waals surface area (Å²) in [4.78, 5) is 31.3. The van der Waals surface area contributed by atoms with Crippen LogP contribution in [0.5, 0.6) is 0 Å². The summed E-state index contributed by atoms with van der Waals surface area (Å²) in [7, 11) is 1.10. The molecule has 0 saturated heterocycles. The highest BCUT2D eigenvalue weighted by molar-refractivity contribution is 5.85. The lowest BCUT2D eigenvalue weighted by atomic mass is 10.2. The maximum atomic E-state index is 10.6. The highest BCUT2D eigenvalue weighted by atomic mass is 16.7. The smallest absolute Gasteiger partial charge is 0.437 e. The van der Waals surface area contributed by atoms with Crippen molar-refractivity contribution in [2.45, 2.75) is 19.8 Å². The number of ether oxygens (including phenoxy) is 2. The molecule has 0 spiro atoms. The highest BCUT2D eigenvalue weighted by Crippen LogP contribution is 1.95. The molecule has 0 aliphatic carbocycles. The molecule has 0 rings (SSSR count). The van der Waals surface area contributed by atoms with E-state index >= 15 is 0 Å². The van der Waals surface area contributed by atoms with Crippen LogP contribution in [0.4, 0.5) is 4.79 Å². The van der Waals surface area contributed by atoms with E-state index in [9.17, 15) is 14.4 Å². The van der Waals surface area contributed by atoms with Crippen LogP contribution < -0.4 is 0 Å². The van der Waals surface area contributed by atoms with Gasteiger partial charge in [0.05, 0.1) is 13.5 Å². The largest absolute Gasteiger partial charge is 0.515 e. The van der Waals surface area contributed by atoms with Crippen LogP contribution in [0.2, 0.25) is 0 Å². The van der Waals surface area contributed by atoms with E-state index in [1.165, 1.54) is 6.92 Å². The standard InChI is InChI=1S/C7H10O5/c1-5(8)3-4-6(9)12-7(10)11-2/h3-4H2,1-2H3. The summed E-state index contributed by atoms with van der Waals surface area (Å²) < 4.78 is 8.16. The zero-order valence-electron chi connectivity index (χ0n) is 6.96. The maximum Gasteiger partial charge on any atom is 0.515 e. The minimum Gasteiger partial charge on any atom is -0.437 e. The van der Waals surface area contributed by atoms with E-state index in [1.807, 2.05) is 0 Å². The fourth-order valence-electron chi connectivity index (χ4n) is 0.464. The molecule has 0 aliphatic rings. The Labute approximate surface area is 69.6 Å². The van der Waals surface area contributed by atoms with Crippen LogP contribution in [0.15, 0.2) is 0 Å². The number of hydrogen-bond acceptors (Lipinski definition) is 5. The van der Waals surface area contributed by atoms with E-state index in [0.29, 0.717) is 0 Å². The van der Waals surface area contributed by atoms with E-state index in [-0.39, 0.29) is 18.6 Å². The van der Waals surface area contributed by atoms with Gasteiger partial charge in [-0.05, 0) is 6.92 Å². The Kier molecular flexibility index (Phi) is 4.67. The third-order valence-electron chi connectivity index (χ3n) is 1.05. The first-order valence-electron chi connectivity index (χ1n) is 3.34. The molecule has 5 heteroatoms. The molecule has 68 valence electrons. The molecule has 12 heavy (non-hydrogen) atoms. The molecule has 0 bridgehead atoms. The van der Waals surface area contributed by atoms with Crippen LogP contribution in [-0.4, -0.2) is 25.0 Å². The van der Waals surface area contributed by atoms with Gasteiger partial charge in [-0.3, -0.25) is 4.79 Å². The van der Waals surface area contributed by atoms with Crippen molar-refractivity contribution in [2.24, 2.45) is 0 Å². The molecule has 0 saturated carbocycles. The van der Waals surface area contributed by atoms with Crippen molar-refractivity contribution < 1.29 is 23.9 Å². The van der Waals surface area contributed by atoms with Crippen molar-refractivity contribution in [2.75, 3.05) is 7.11 Å². The number of Topliss-reactive ketones (excluding diaryl/α,β-unsaturated/α-hetero) is 1. The topological polar surface area (TPSA) is 69.7 Å². The zero-order chi connectivity index (χ0) is 9.56. The fourth-order valence-corrected chi connectivity index (χ4v) is 0.464. The summed E-state index contributed by atoms with van der Waals surface area (Å²) in [6.07, 6.45) is -1.07. The van der Waals surface area contributed by atoms with Gasteiger partial charge in [0, 0.05) is 6.42 Å². The Bertz CT molecular complexity index is 196. The molecule has 0 aromatic carbocycles. The van der Waals surface area contributed by atoms with E-state index in [2.05, 4.69) is 9.47 Å². The van der Waals surface area contributed by atoms with Crippen molar-refractivity contribution >= 4 is 17.9 Å². The predicted octanol–water partition coefficient (Wildman–Crippen LogP) is 0.665. The number of methoxy groups -OCH3 is 1. The van der Waals surface area contributed by atoms with Gasteiger partial charge in [0.1, 0.15) is 5.78 Å². The molecule has 0 heterocycles. The van der Waals surface area contributed by atoms with E-state index in [1.54, 1.807) is 0 Å². The lowest BCUT2D eigenvalue weighted by molar-refractivity contribution is -0.140. The van der Waals surface area contributed by atoms with Gasteiger partial charge in [0.25, 0.3) is 0 Å². The minimum absolute atomic E-state index is 0.0792. The van der Waals surface area contributed by atoms with Crippen molar-refractivity contribution in [3.8, 4) is 0 Å². The summed E-state index contributed by atoms with van der Waals surface area (Å²) in [6.45, 7) is 1.35. The van der Waals surface area contributed by atoms with E-state index < -0.39 is 12.1 Å². The normalized spacial score (nSPS) is 8.83. The summed E-state index contributed by atoms with van der Waals surface area (Å²) in [5.41, 5.74) is 0. The molecule has 0 atom stereocenters. The molecular weight excluding hydrogens is 164 g/mol. The van der Waals surface area contributed by atoms with Crippen LogP contribution >= 0.6 is 0 Å². The van der Waals surface area contributed by atoms with Gasteiger partial charge in [-0.25, -0.2) is 4.79 Å². The Morgan fingerprint density at radius 3 is 2.17 bits per heavy atom. The Balaban J connectivity index is 3.60. The Morgan fingerprint density at radius 2 is 1.75 bits per heavy atom. The summed E-state index contributed by atoms with van der Waals surface area (Å²) >= 11 is 0. The second-order valence-corrected chi connectivity index (χ2v) is 2.13.